The SMILES string of the molecule is CC(CO)CC(NC(=O)c1c(Cl)cccc1Cl)C(Cl)c1ccccc1. The molecule has 134 valence electrons. The van der Waals surface area contributed by atoms with Crippen LogP contribution in [-0.4, -0.2) is 23.7 Å². The first-order chi connectivity index (χ1) is 11.9. The lowest BCUT2D eigenvalue weighted by atomic mass is 9.95. The number of hydrogen-bond donors (Lipinski definition) is 2. The van der Waals surface area contributed by atoms with Crippen LogP contribution in [0.2, 0.25) is 10.0 Å². The fraction of sp³-hybridized carbons (Fsp3) is 0.316. The second-order valence-corrected chi connectivity index (χ2v) is 7.30. The van der Waals surface area contributed by atoms with E-state index in [1.165, 1.54) is 0 Å². The molecule has 2 N–H and O–H groups in total. The number of hydrogen-bond acceptors (Lipinski definition) is 2. The van der Waals surface area contributed by atoms with Crippen LogP contribution in [0, 0.1) is 5.92 Å². The van der Waals surface area contributed by atoms with Crippen molar-refractivity contribution in [2.75, 3.05) is 6.61 Å². The van der Waals surface area contributed by atoms with Crippen molar-refractivity contribution in [3.8, 4) is 0 Å². The summed E-state index contributed by atoms with van der Waals surface area (Å²) >= 11 is 18.9. The van der Waals surface area contributed by atoms with Crippen molar-refractivity contribution in [3.63, 3.8) is 0 Å². The minimum Gasteiger partial charge on any atom is -0.396 e. The molecule has 0 saturated carbocycles. The van der Waals surface area contributed by atoms with Gasteiger partial charge in [0, 0.05) is 12.6 Å². The summed E-state index contributed by atoms with van der Waals surface area (Å²) in [6.07, 6.45) is 0.521. The first kappa shape index (κ1) is 20.1. The molecule has 0 aliphatic carbocycles. The maximum absolute atomic E-state index is 12.7. The Morgan fingerprint density at radius 2 is 1.68 bits per heavy atom. The normalized spacial score (nSPS) is 14.6. The Morgan fingerprint density at radius 3 is 2.24 bits per heavy atom. The van der Waals surface area contributed by atoms with E-state index in [4.69, 9.17) is 34.8 Å². The summed E-state index contributed by atoms with van der Waals surface area (Å²) in [7, 11) is 0. The van der Waals surface area contributed by atoms with Crippen LogP contribution in [0.1, 0.15) is 34.6 Å². The van der Waals surface area contributed by atoms with Crippen molar-refractivity contribution in [3.05, 3.63) is 69.7 Å². The van der Waals surface area contributed by atoms with Crippen LogP contribution in [-0.2, 0) is 0 Å². The standard InChI is InChI=1S/C19H20Cl3NO2/c1-12(11-24)10-16(18(22)13-6-3-2-4-7-13)23-19(25)17-14(20)8-5-9-15(17)21/h2-9,12,16,18,24H,10-11H2,1H3,(H,23,25). The van der Waals surface area contributed by atoms with Crippen LogP contribution in [0.4, 0.5) is 0 Å². The first-order valence-electron chi connectivity index (χ1n) is 7.98. The van der Waals surface area contributed by atoms with Gasteiger partial charge in [-0.3, -0.25) is 4.79 Å². The van der Waals surface area contributed by atoms with Gasteiger partial charge in [0.2, 0.25) is 0 Å². The summed E-state index contributed by atoms with van der Waals surface area (Å²) in [5, 5.41) is 12.4. The van der Waals surface area contributed by atoms with E-state index in [0.717, 1.165) is 5.56 Å². The van der Waals surface area contributed by atoms with E-state index in [-0.39, 0.29) is 40.1 Å². The van der Waals surface area contributed by atoms with Gasteiger partial charge in [-0.25, -0.2) is 0 Å². The van der Waals surface area contributed by atoms with Crippen molar-refractivity contribution in [1.82, 2.24) is 5.32 Å². The van der Waals surface area contributed by atoms with Gasteiger partial charge >= 0.3 is 0 Å². The highest BCUT2D eigenvalue weighted by Gasteiger charge is 2.26. The summed E-state index contributed by atoms with van der Waals surface area (Å²) < 4.78 is 0. The fourth-order valence-corrected chi connectivity index (χ4v) is 3.46. The molecule has 0 heterocycles. The van der Waals surface area contributed by atoms with E-state index < -0.39 is 5.38 Å². The number of aliphatic hydroxyl groups excluding tert-OH is 1. The summed E-state index contributed by atoms with van der Waals surface area (Å²) in [6.45, 7) is 1.91. The minimum atomic E-state index is -0.444. The maximum Gasteiger partial charge on any atom is 0.254 e. The zero-order chi connectivity index (χ0) is 18.4. The number of carbonyl (C=O) groups excluding carboxylic acids is 1. The predicted molar refractivity (Wildman–Crippen MR) is 104 cm³/mol. The van der Waals surface area contributed by atoms with Gasteiger partial charge in [0.25, 0.3) is 5.91 Å². The van der Waals surface area contributed by atoms with Crippen molar-refractivity contribution < 1.29 is 9.90 Å². The number of amides is 1. The number of halogens is 3. The molecule has 2 aromatic carbocycles. The van der Waals surface area contributed by atoms with Gasteiger partial charge in [0.05, 0.1) is 21.0 Å². The van der Waals surface area contributed by atoms with Crippen LogP contribution >= 0.6 is 34.8 Å². The molecule has 25 heavy (non-hydrogen) atoms. The number of nitrogens with one attached hydrogen (secondary N) is 1. The van der Waals surface area contributed by atoms with Crippen LogP contribution in [0.15, 0.2) is 48.5 Å². The molecule has 0 saturated heterocycles. The third kappa shape index (κ3) is 5.35. The van der Waals surface area contributed by atoms with E-state index in [0.29, 0.717) is 6.42 Å². The van der Waals surface area contributed by atoms with Crippen LogP contribution in [0.5, 0.6) is 0 Å². The molecule has 0 fully saturated rings. The summed E-state index contributed by atoms with van der Waals surface area (Å²) in [6, 6.07) is 14.0. The fourth-order valence-electron chi connectivity index (χ4n) is 2.58. The number of alkyl halides is 1. The molecule has 0 spiro atoms. The molecule has 2 rings (SSSR count). The van der Waals surface area contributed by atoms with Gasteiger partial charge in [-0.1, -0.05) is 66.5 Å². The maximum atomic E-state index is 12.7. The lowest BCUT2D eigenvalue weighted by Gasteiger charge is -2.26. The van der Waals surface area contributed by atoms with Gasteiger partial charge in [-0.05, 0) is 30.0 Å². The van der Waals surface area contributed by atoms with Crippen LogP contribution in [0.25, 0.3) is 0 Å². The Hall–Kier alpha value is -1.26. The molecule has 0 radical (unpaired) electrons. The van der Waals surface area contributed by atoms with Gasteiger partial charge in [-0.2, -0.15) is 0 Å². The van der Waals surface area contributed by atoms with Gasteiger partial charge in [-0.15, -0.1) is 11.6 Å². The minimum absolute atomic E-state index is 0.0115. The smallest absolute Gasteiger partial charge is 0.254 e. The molecular weight excluding hydrogens is 381 g/mol. The lowest BCUT2D eigenvalue weighted by Crippen LogP contribution is -2.39. The molecule has 2 aromatic rings. The number of rotatable bonds is 7. The highest BCUT2D eigenvalue weighted by Crippen LogP contribution is 2.30. The number of aliphatic hydroxyl groups is 1. The van der Waals surface area contributed by atoms with Gasteiger partial charge in [0.15, 0.2) is 0 Å². The van der Waals surface area contributed by atoms with Crippen LogP contribution < -0.4 is 5.32 Å². The molecule has 0 aliphatic heterocycles. The molecule has 0 bridgehead atoms. The average molecular weight is 401 g/mol. The van der Waals surface area contributed by atoms with Crippen molar-refractivity contribution >= 4 is 40.7 Å². The van der Waals surface area contributed by atoms with Crippen molar-refractivity contribution in [1.29, 1.82) is 0 Å². The second-order valence-electron chi connectivity index (χ2n) is 6.01. The Bertz CT molecular complexity index is 689. The zero-order valence-corrected chi connectivity index (χ0v) is 16.0. The number of benzene rings is 2. The zero-order valence-electron chi connectivity index (χ0n) is 13.8. The summed E-state index contributed by atoms with van der Waals surface area (Å²) in [5.74, 6) is -0.399. The van der Waals surface area contributed by atoms with Crippen molar-refractivity contribution in [2.45, 2.75) is 24.8 Å². The quantitative estimate of drug-likeness (QED) is 0.636. The Balaban J connectivity index is 2.25. The molecule has 0 aromatic heterocycles. The van der Waals surface area contributed by atoms with Gasteiger partial charge in [0.1, 0.15) is 0 Å². The summed E-state index contributed by atoms with van der Waals surface area (Å²) in [5.41, 5.74) is 1.12. The van der Waals surface area contributed by atoms with E-state index >= 15 is 0 Å². The van der Waals surface area contributed by atoms with Crippen molar-refractivity contribution in [2.24, 2.45) is 5.92 Å². The topological polar surface area (TPSA) is 49.3 Å². The monoisotopic (exact) mass is 399 g/mol. The lowest BCUT2D eigenvalue weighted by molar-refractivity contribution is 0.0926. The highest BCUT2D eigenvalue weighted by atomic mass is 35.5. The first-order valence-corrected chi connectivity index (χ1v) is 9.18. The third-order valence-corrected chi connectivity index (χ3v) is 5.13. The van der Waals surface area contributed by atoms with E-state index in [1.54, 1.807) is 18.2 Å². The van der Waals surface area contributed by atoms with E-state index in [2.05, 4.69) is 5.32 Å². The molecule has 1 amide bonds. The van der Waals surface area contributed by atoms with Crippen LogP contribution in [0.3, 0.4) is 0 Å². The molecule has 3 nitrogen and oxygen atoms in total. The van der Waals surface area contributed by atoms with E-state index in [9.17, 15) is 9.90 Å². The molecule has 3 unspecified atom stereocenters. The van der Waals surface area contributed by atoms with Gasteiger partial charge < -0.3 is 10.4 Å². The molecule has 3 atom stereocenters. The Labute approximate surface area is 162 Å². The average Bonchev–Trinajstić information content (AvgIpc) is 2.61. The molecule has 6 heteroatoms. The Kier molecular flexibility index (Phi) is 7.57. The number of carbonyl (C=O) groups is 1. The largest absolute Gasteiger partial charge is 0.396 e. The highest BCUT2D eigenvalue weighted by molar-refractivity contribution is 6.39. The molecule has 0 aliphatic rings. The second kappa shape index (κ2) is 9.44. The van der Waals surface area contributed by atoms with E-state index in [1.807, 2.05) is 37.3 Å². The Morgan fingerprint density at radius 1 is 1.08 bits per heavy atom. The summed E-state index contributed by atoms with van der Waals surface area (Å²) in [4.78, 5) is 12.7. The molecular formula is C19H20Cl3NO2. The third-order valence-electron chi connectivity index (χ3n) is 3.95. The predicted octanol–water partition coefficient (Wildman–Crippen LogP) is 5.09.